The number of carboxylic acid groups (broad SMARTS) is 1. The van der Waals surface area contributed by atoms with Gasteiger partial charge in [0.2, 0.25) is 5.72 Å². The predicted octanol–water partition coefficient (Wildman–Crippen LogP) is 4.88. The van der Waals surface area contributed by atoms with E-state index in [-0.39, 0.29) is 5.92 Å². The normalized spacial score (nSPS) is 23.2. The smallest absolute Gasteiger partial charge is 0.408 e. The quantitative estimate of drug-likeness (QED) is 0.434. The van der Waals surface area contributed by atoms with Crippen LogP contribution >= 0.6 is 0 Å². The van der Waals surface area contributed by atoms with Crippen molar-refractivity contribution >= 4 is 25.2 Å². The molecule has 1 amide bonds. The summed E-state index contributed by atoms with van der Waals surface area (Å²) in [6.07, 6.45) is 5.20. The molecule has 0 aliphatic heterocycles. The molecule has 0 bridgehead atoms. The van der Waals surface area contributed by atoms with Crippen molar-refractivity contribution in [2.75, 3.05) is 6.61 Å². The van der Waals surface area contributed by atoms with Gasteiger partial charge in [-0.3, -0.25) is 9.88 Å². The molecule has 2 N–H and O–H groups in total. The summed E-state index contributed by atoms with van der Waals surface area (Å²) in [6.45, 7) is 7.46. The van der Waals surface area contributed by atoms with Crippen LogP contribution in [0.2, 0.25) is 25.7 Å². The Bertz CT molecular complexity index is 1090. The molecule has 2 aromatic rings. The van der Waals surface area contributed by atoms with Crippen molar-refractivity contribution in [1.82, 2.24) is 14.9 Å². The Hall–Kier alpha value is -2.81. The maximum absolute atomic E-state index is 15.7. The number of carbonyl (C=O) groups is 1. The summed E-state index contributed by atoms with van der Waals surface area (Å²) in [5, 5.41) is 12.4. The zero-order valence-electron chi connectivity index (χ0n) is 18.9. The third kappa shape index (κ3) is 4.53. The van der Waals surface area contributed by atoms with E-state index in [0.29, 0.717) is 34.8 Å². The van der Waals surface area contributed by atoms with E-state index in [1.54, 1.807) is 24.4 Å². The number of nitrogens with one attached hydrogen (secondary N) is 1. The molecule has 0 radical (unpaired) electrons. The van der Waals surface area contributed by atoms with Crippen molar-refractivity contribution in [1.29, 1.82) is 0 Å². The van der Waals surface area contributed by atoms with Gasteiger partial charge >= 0.3 is 6.09 Å². The summed E-state index contributed by atoms with van der Waals surface area (Å²) in [5.74, 6) is 1.11. The lowest BCUT2D eigenvalue weighted by molar-refractivity contribution is 0.0174. The van der Waals surface area contributed by atoms with E-state index in [2.05, 4.69) is 29.9 Å². The van der Waals surface area contributed by atoms with Crippen LogP contribution in [0.15, 0.2) is 42.1 Å². The van der Waals surface area contributed by atoms with Gasteiger partial charge in [-0.05, 0) is 42.5 Å². The van der Waals surface area contributed by atoms with Gasteiger partial charge in [0.25, 0.3) is 0 Å². The highest BCUT2D eigenvalue weighted by Gasteiger charge is 2.48. The van der Waals surface area contributed by atoms with E-state index in [1.165, 1.54) is 6.08 Å². The Labute approximate surface area is 187 Å². The van der Waals surface area contributed by atoms with Gasteiger partial charge in [0, 0.05) is 27.4 Å². The largest absolute Gasteiger partial charge is 0.479 e. The molecule has 1 saturated carbocycles. The number of halogens is 1. The molecule has 32 heavy (non-hydrogen) atoms. The van der Waals surface area contributed by atoms with Crippen LogP contribution in [0.25, 0.3) is 11.0 Å². The van der Waals surface area contributed by atoms with Crippen LogP contribution in [0.3, 0.4) is 0 Å². The molecular formula is C23H30FN3O4Si. The molecule has 2 atom stereocenters. The van der Waals surface area contributed by atoms with E-state index < -0.39 is 26.1 Å². The number of allylic oxidation sites excluding steroid dienone is 2. The van der Waals surface area contributed by atoms with Crippen molar-refractivity contribution < 1.29 is 23.8 Å². The number of hydrogen-bond acceptors (Lipinski definition) is 4. The predicted molar refractivity (Wildman–Crippen MR) is 124 cm³/mol. The minimum absolute atomic E-state index is 0.133. The number of fused-ring (bicyclic) bond motifs is 1. The van der Waals surface area contributed by atoms with Crippen LogP contribution in [0.5, 0.6) is 11.6 Å². The summed E-state index contributed by atoms with van der Waals surface area (Å²) in [5.41, 5.74) is -0.666. The average Bonchev–Trinajstić information content (AvgIpc) is 3.48. The Kier molecular flexibility index (Phi) is 5.79. The maximum atomic E-state index is 15.7. The molecule has 0 saturated heterocycles. The number of aromatic nitrogens is 2. The Morgan fingerprint density at radius 3 is 2.81 bits per heavy atom. The molecule has 2 aliphatic carbocycles. The van der Waals surface area contributed by atoms with E-state index in [0.717, 1.165) is 18.9 Å². The van der Waals surface area contributed by atoms with Crippen molar-refractivity contribution in [2.24, 2.45) is 13.0 Å². The molecule has 2 heterocycles. The van der Waals surface area contributed by atoms with Crippen LogP contribution in [0, 0.1) is 5.92 Å². The fraction of sp³-hybridized carbons (Fsp3) is 0.478. The second kappa shape index (κ2) is 8.27. The van der Waals surface area contributed by atoms with Gasteiger partial charge in [0.1, 0.15) is 11.4 Å². The maximum Gasteiger partial charge on any atom is 0.408 e. The lowest BCUT2D eigenvalue weighted by Gasteiger charge is -2.37. The number of alkyl halides is 1. The standard InChI is InChI=1S/C23H30FN3O4Si/c1-27-19(30-12-13-32(2,3)4)14-17-18(9-11-25-21(17)27)31-23(26-22(28)29)10-5-6-16(20(23)24)15-7-8-15/h5-6,9-11,14-15,20,26H,7-8,12-13H2,1-4H3,(H,28,29). The van der Waals surface area contributed by atoms with Crippen LogP contribution in [-0.4, -0.2) is 47.3 Å². The number of rotatable bonds is 8. The topological polar surface area (TPSA) is 85.6 Å². The molecule has 7 nitrogen and oxygen atoms in total. The van der Waals surface area contributed by atoms with E-state index in [4.69, 9.17) is 9.47 Å². The van der Waals surface area contributed by atoms with Crippen LogP contribution in [-0.2, 0) is 7.05 Å². The number of ether oxygens (including phenoxy) is 2. The van der Waals surface area contributed by atoms with Gasteiger partial charge < -0.3 is 14.6 Å². The second-order valence-corrected chi connectivity index (χ2v) is 15.4. The van der Waals surface area contributed by atoms with Gasteiger partial charge in [0.15, 0.2) is 12.1 Å². The fourth-order valence-corrected chi connectivity index (χ4v) is 4.62. The lowest BCUT2D eigenvalue weighted by atomic mass is 9.91. The summed E-state index contributed by atoms with van der Waals surface area (Å²) < 4.78 is 29.6. The first kappa shape index (κ1) is 22.4. The van der Waals surface area contributed by atoms with E-state index in [1.807, 2.05) is 17.7 Å². The molecule has 2 unspecified atom stereocenters. The first-order chi connectivity index (χ1) is 15.1. The summed E-state index contributed by atoms with van der Waals surface area (Å²) in [6, 6.07) is 4.45. The van der Waals surface area contributed by atoms with Crippen LogP contribution < -0.4 is 14.8 Å². The number of hydrogen-bond donors (Lipinski definition) is 2. The molecule has 172 valence electrons. The van der Waals surface area contributed by atoms with Crippen LogP contribution in [0.1, 0.15) is 12.8 Å². The van der Waals surface area contributed by atoms with Gasteiger partial charge in [-0.2, -0.15) is 0 Å². The van der Waals surface area contributed by atoms with E-state index in [9.17, 15) is 9.90 Å². The molecule has 2 aliphatic rings. The molecule has 1 fully saturated rings. The van der Waals surface area contributed by atoms with Gasteiger partial charge in [-0.1, -0.05) is 31.8 Å². The second-order valence-electron chi connectivity index (χ2n) is 9.74. The minimum Gasteiger partial charge on any atom is -0.479 e. The lowest BCUT2D eigenvalue weighted by Crippen LogP contribution is -2.59. The van der Waals surface area contributed by atoms with Crippen molar-refractivity contribution in [3.63, 3.8) is 0 Å². The van der Waals surface area contributed by atoms with E-state index >= 15 is 4.39 Å². The highest BCUT2D eigenvalue weighted by molar-refractivity contribution is 6.76. The SMILES string of the molecule is Cn1c(OCC[Si](C)(C)C)cc2c(OC3(NC(=O)O)C=CC=C(C4CC4)C3F)ccnc21. The van der Waals surface area contributed by atoms with Crippen molar-refractivity contribution in [3.05, 3.63) is 42.1 Å². The summed E-state index contributed by atoms with van der Waals surface area (Å²) in [4.78, 5) is 16.0. The first-order valence-corrected chi connectivity index (χ1v) is 14.6. The number of pyridine rings is 1. The van der Waals surface area contributed by atoms with Gasteiger partial charge in [-0.25, -0.2) is 14.2 Å². The monoisotopic (exact) mass is 459 g/mol. The average molecular weight is 460 g/mol. The van der Waals surface area contributed by atoms with Crippen LogP contribution in [0.4, 0.5) is 9.18 Å². The third-order valence-corrected chi connectivity index (χ3v) is 7.58. The van der Waals surface area contributed by atoms with Crippen molar-refractivity contribution in [3.8, 4) is 11.6 Å². The Balaban J connectivity index is 1.66. The Morgan fingerprint density at radius 1 is 1.41 bits per heavy atom. The van der Waals surface area contributed by atoms with Gasteiger partial charge in [0.05, 0.1) is 12.0 Å². The first-order valence-electron chi connectivity index (χ1n) is 10.9. The summed E-state index contributed by atoms with van der Waals surface area (Å²) in [7, 11) is 0.603. The molecule has 9 heteroatoms. The molecule has 4 rings (SSSR count). The number of aryl methyl sites for hydroxylation is 1. The minimum atomic E-state index is -1.85. The van der Waals surface area contributed by atoms with Crippen molar-refractivity contribution in [2.45, 2.75) is 50.4 Å². The Morgan fingerprint density at radius 2 is 2.16 bits per heavy atom. The zero-order valence-corrected chi connectivity index (χ0v) is 19.9. The summed E-state index contributed by atoms with van der Waals surface area (Å²) >= 11 is 0. The molecule has 0 spiro atoms. The molecular weight excluding hydrogens is 429 g/mol. The zero-order chi connectivity index (χ0) is 23.1. The highest BCUT2D eigenvalue weighted by Crippen LogP contribution is 2.44. The third-order valence-electron chi connectivity index (χ3n) is 5.88. The number of amides is 1. The highest BCUT2D eigenvalue weighted by atomic mass is 28.3. The molecule has 2 aromatic heterocycles. The molecule has 0 aromatic carbocycles. The fourth-order valence-electron chi connectivity index (χ4n) is 3.91. The number of nitrogens with zero attached hydrogens (tertiary/aromatic N) is 2. The van der Waals surface area contributed by atoms with Gasteiger partial charge in [-0.15, -0.1) is 0 Å².